The first-order valence-corrected chi connectivity index (χ1v) is 6.11. The van der Waals surface area contributed by atoms with Crippen LogP contribution in [0.4, 0.5) is 0 Å². The topological polar surface area (TPSA) is 35.8 Å². The molecule has 0 aliphatic heterocycles. The summed E-state index contributed by atoms with van der Waals surface area (Å²) in [5, 5.41) is 12.1. The van der Waals surface area contributed by atoms with Gasteiger partial charge in [-0.2, -0.15) is 5.26 Å². The maximum Gasteiger partial charge on any atom is 0.0621 e. The lowest BCUT2D eigenvalue weighted by atomic mass is 9.87. The van der Waals surface area contributed by atoms with Crippen LogP contribution in [-0.2, 0) is 0 Å². The smallest absolute Gasteiger partial charge is 0.0621 e. The Morgan fingerprint density at radius 2 is 2.07 bits per heavy atom. The summed E-state index contributed by atoms with van der Waals surface area (Å²) in [4.78, 5) is 0. The van der Waals surface area contributed by atoms with Gasteiger partial charge in [0.25, 0.3) is 0 Å². The Hall–Kier alpha value is -0.550. The third kappa shape index (κ3) is 4.22. The lowest BCUT2D eigenvalue weighted by Gasteiger charge is -2.25. The number of nitrogens with one attached hydrogen (secondary N) is 1. The van der Waals surface area contributed by atoms with Crippen LogP contribution in [0.1, 0.15) is 52.9 Å². The van der Waals surface area contributed by atoms with Crippen molar-refractivity contribution in [2.24, 2.45) is 10.8 Å². The molecule has 0 atom stereocenters. The van der Waals surface area contributed by atoms with E-state index in [2.05, 4.69) is 32.2 Å². The molecule has 86 valence electrons. The molecule has 1 N–H and O–H groups in total. The highest BCUT2D eigenvalue weighted by molar-refractivity contribution is 4.94. The molecule has 0 unspecified atom stereocenters. The average Bonchev–Trinajstić information content (AvgIpc) is 2.96. The molecule has 2 nitrogen and oxygen atoms in total. The van der Waals surface area contributed by atoms with Crippen LogP contribution in [-0.4, -0.2) is 13.1 Å². The van der Waals surface area contributed by atoms with E-state index in [1.54, 1.807) is 0 Å². The van der Waals surface area contributed by atoms with E-state index in [0.29, 0.717) is 11.8 Å². The van der Waals surface area contributed by atoms with Crippen LogP contribution < -0.4 is 5.32 Å². The van der Waals surface area contributed by atoms with E-state index < -0.39 is 0 Å². The van der Waals surface area contributed by atoms with Crippen molar-refractivity contribution >= 4 is 0 Å². The van der Waals surface area contributed by atoms with Gasteiger partial charge >= 0.3 is 0 Å². The summed E-state index contributed by atoms with van der Waals surface area (Å²) in [6, 6.07) is 2.23. The Kier molecular flexibility index (Phi) is 4.16. The third-order valence-electron chi connectivity index (χ3n) is 3.72. The molecular weight excluding hydrogens is 184 g/mol. The molecule has 0 amide bonds. The maximum absolute atomic E-state index is 8.56. The van der Waals surface area contributed by atoms with E-state index >= 15 is 0 Å². The van der Waals surface area contributed by atoms with Crippen LogP contribution in [0.15, 0.2) is 0 Å². The highest BCUT2D eigenvalue weighted by Crippen LogP contribution is 2.47. The molecule has 15 heavy (non-hydrogen) atoms. The van der Waals surface area contributed by atoms with Crippen molar-refractivity contribution in [3.05, 3.63) is 0 Å². The SMILES string of the molecule is CCC1(CNCC(C)(C)CCC#N)CC1. The van der Waals surface area contributed by atoms with E-state index in [4.69, 9.17) is 5.26 Å². The van der Waals surface area contributed by atoms with Gasteiger partial charge in [-0.05, 0) is 36.5 Å². The molecule has 1 aliphatic rings. The fourth-order valence-electron chi connectivity index (χ4n) is 1.98. The standard InChI is InChI=1S/C13H24N2/c1-4-13(7-8-13)11-15-10-12(2,3)6-5-9-14/h15H,4-8,10-11H2,1-3H3. The van der Waals surface area contributed by atoms with E-state index in [0.717, 1.165) is 13.0 Å². The molecule has 1 aliphatic carbocycles. The van der Waals surface area contributed by atoms with Crippen LogP contribution in [0.25, 0.3) is 0 Å². The van der Waals surface area contributed by atoms with Crippen molar-refractivity contribution in [3.63, 3.8) is 0 Å². The first-order chi connectivity index (χ1) is 7.04. The van der Waals surface area contributed by atoms with Gasteiger partial charge in [0.1, 0.15) is 0 Å². The summed E-state index contributed by atoms with van der Waals surface area (Å²) in [6.07, 6.45) is 5.77. The molecule has 1 fully saturated rings. The predicted octanol–water partition coefficient (Wildman–Crippen LogP) is 3.10. The van der Waals surface area contributed by atoms with E-state index in [1.807, 2.05) is 0 Å². The van der Waals surface area contributed by atoms with Crippen LogP contribution in [0.3, 0.4) is 0 Å². The molecule has 0 bridgehead atoms. The molecule has 0 saturated heterocycles. The number of nitrogens with zero attached hydrogens (tertiary/aromatic N) is 1. The fourth-order valence-corrected chi connectivity index (χ4v) is 1.98. The summed E-state index contributed by atoms with van der Waals surface area (Å²) in [5.41, 5.74) is 0.894. The zero-order valence-electron chi connectivity index (χ0n) is 10.4. The molecule has 0 aromatic carbocycles. The van der Waals surface area contributed by atoms with Crippen molar-refractivity contribution in [2.75, 3.05) is 13.1 Å². The second kappa shape index (κ2) is 4.99. The summed E-state index contributed by atoms with van der Waals surface area (Å²) < 4.78 is 0. The molecular formula is C13H24N2. The monoisotopic (exact) mass is 208 g/mol. The van der Waals surface area contributed by atoms with Gasteiger partial charge in [-0.1, -0.05) is 20.8 Å². The minimum atomic E-state index is 0.263. The van der Waals surface area contributed by atoms with Gasteiger partial charge in [0.2, 0.25) is 0 Å². The fraction of sp³-hybridized carbons (Fsp3) is 0.923. The maximum atomic E-state index is 8.56. The molecule has 1 rings (SSSR count). The number of hydrogen-bond donors (Lipinski definition) is 1. The minimum absolute atomic E-state index is 0.263. The number of nitriles is 1. The van der Waals surface area contributed by atoms with Gasteiger partial charge in [-0.15, -0.1) is 0 Å². The molecule has 0 aromatic rings. The molecule has 2 heteroatoms. The molecule has 0 radical (unpaired) electrons. The molecule has 0 heterocycles. The van der Waals surface area contributed by atoms with E-state index in [9.17, 15) is 0 Å². The van der Waals surface area contributed by atoms with Crippen LogP contribution >= 0.6 is 0 Å². The van der Waals surface area contributed by atoms with E-state index in [1.165, 1.54) is 25.8 Å². The summed E-state index contributed by atoms with van der Waals surface area (Å²) in [6.45, 7) is 8.97. The first kappa shape index (κ1) is 12.5. The van der Waals surface area contributed by atoms with Gasteiger partial charge in [0.05, 0.1) is 6.07 Å². The Morgan fingerprint density at radius 3 is 2.53 bits per heavy atom. The quantitative estimate of drug-likeness (QED) is 0.698. The predicted molar refractivity (Wildman–Crippen MR) is 63.5 cm³/mol. The normalized spacial score (nSPS) is 18.5. The minimum Gasteiger partial charge on any atom is -0.316 e. The first-order valence-electron chi connectivity index (χ1n) is 6.11. The molecule has 0 spiro atoms. The lowest BCUT2D eigenvalue weighted by Crippen LogP contribution is -2.33. The third-order valence-corrected chi connectivity index (χ3v) is 3.72. The van der Waals surface area contributed by atoms with Gasteiger partial charge in [0.15, 0.2) is 0 Å². The Morgan fingerprint density at radius 1 is 1.40 bits per heavy atom. The molecule has 0 aromatic heterocycles. The zero-order chi connectivity index (χ0) is 11.4. The van der Waals surface area contributed by atoms with Gasteiger partial charge in [-0.3, -0.25) is 0 Å². The Bertz CT molecular complexity index is 233. The van der Waals surface area contributed by atoms with Gasteiger partial charge < -0.3 is 5.32 Å². The zero-order valence-corrected chi connectivity index (χ0v) is 10.4. The summed E-state index contributed by atoms with van der Waals surface area (Å²) in [5.74, 6) is 0. The van der Waals surface area contributed by atoms with Gasteiger partial charge in [-0.25, -0.2) is 0 Å². The second-order valence-electron chi connectivity index (χ2n) is 5.78. The Balaban J connectivity index is 2.16. The average molecular weight is 208 g/mol. The van der Waals surface area contributed by atoms with Crippen LogP contribution in [0, 0.1) is 22.2 Å². The Labute approximate surface area is 94.1 Å². The van der Waals surface area contributed by atoms with Crippen molar-refractivity contribution < 1.29 is 0 Å². The summed E-state index contributed by atoms with van der Waals surface area (Å²) >= 11 is 0. The highest BCUT2D eigenvalue weighted by atomic mass is 14.9. The lowest BCUT2D eigenvalue weighted by molar-refractivity contribution is 0.301. The van der Waals surface area contributed by atoms with Crippen LogP contribution in [0.5, 0.6) is 0 Å². The van der Waals surface area contributed by atoms with Crippen molar-refractivity contribution in [1.82, 2.24) is 5.32 Å². The second-order valence-corrected chi connectivity index (χ2v) is 5.78. The van der Waals surface area contributed by atoms with Crippen molar-refractivity contribution in [3.8, 4) is 6.07 Å². The number of hydrogen-bond acceptors (Lipinski definition) is 2. The van der Waals surface area contributed by atoms with Crippen molar-refractivity contribution in [2.45, 2.75) is 52.9 Å². The van der Waals surface area contributed by atoms with Crippen molar-refractivity contribution in [1.29, 1.82) is 5.26 Å². The van der Waals surface area contributed by atoms with Gasteiger partial charge in [0, 0.05) is 19.5 Å². The van der Waals surface area contributed by atoms with Crippen LogP contribution in [0.2, 0.25) is 0 Å². The molecule has 1 saturated carbocycles. The highest BCUT2D eigenvalue weighted by Gasteiger charge is 2.40. The summed E-state index contributed by atoms with van der Waals surface area (Å²) in [7, 11) is 0. The van der Waals surface area contributed by atoms with E-state index in [-0.39, 0.29) is 5.41 Å². The largest absolute Gasteiger partial charge is 0.316 e. The number of rotatable bonds is 7.